The van der Waals surface area contributed by atoms with Gasteiger partial charge in [0.2, 0.25) is 0 Å². The Morgan fingerprint density at radius 2 is 2.24 bits per heavy atom. The molecule has 1 aromatic heterocycles. The van der Waals surface area contributed by atoms with E-state index in [1.54, 1.807) is 6.92 Å². The summed E-state index contributed by atoms with van der Waals surface area (Å²) in [7, 11) is -3.86. The topological polar surface area (TPSA) is 133 Å². The first-order valence-corrected chi connectivity index (χ1v) is 7.51. The standard InChI is InChI=1S/C11H12ClN5O3S/c1-6-14-5-10(15-6)21(19,20)17-9-4-7(11(13)16-18)2-3-8(9)12/h2-5,17-18H,1H3,(H2,13,16)(H,14,15). The molecule has 112 valence electrons. The number of aromatic amines is 1. The number of nitrogens with zero attached hydrogens (tertiary/aromatic N) is 2. The molecule has 0 aliphatic heterocycles. The van der Waals surface area contributed by atoms with E-state index in [2.05, 4.69) is 19.8 Å². The molecular weight excluding hydrogens is 318 g/mol. The Balaban J connectivity index is 2.39. The van der Waals surface area contributed by atoms with Crippen LogP contribution in [0.25, 0.3) is 0 Å². The maximum atomic E-state index is 12.2. The van der Waals surface area contributed by atoms with E-state index in [0.717, 1.165) is 0 Å². The first-order valence-electron chi connectivity index (χ1n) is 5.65. The Kier molecular flexibility index (Phi) is 4.05. The Bertz CT molecular complexity index is 800. The van der Waals surface area contributed by atoms with E-state index in [1.807, 2.05) is 0 Å². The predicted molar refractivity (Wildman–Crippen MR) is 78.1 cm³/mol. The van der Waals surface area contributed by atoms with E-state index < -0.39 is 10.0 Å². The van der Waals surface area contributed by atoms with E-state index >= 15 is 0 Å². The van der Waals surface area contributed by atoms with Crippen LogP contribution in [0.4, 0.5) is 5.69 Å². The highest BCUT2D eigenvalue weighted by Crippen LogP contribution is 2.25. The van der Waals surface area contributed by atoms with E-state index in [4.69, 9.17) is 22.5 Å². The molecule has 0 aliphatic carbocycles. The smallest absolute Gasteiger partial charge is 0.279 e. The highest BCUT2D eigenvalue weighted by Gasteiger charge is 2.18. The second kappa shape index (κ2) is 5.62. The van der Waals surface area contributed by atoms with Crippen molar-refractivity contribution in [2.75, 3.05) is 4.72 Å². The number of nitrogens with two attached hydrogens (primary N) is 1. The molecule has 2 aromatic rings. The van der Waals surface area contributed by atoms with Gasteiger partial charge >= 0.3 is 0 Å². The Morgan fingerprint density at radius 3 is 2.81 bits per heavy atom. The van der Waals surface area contributed by atoms with E-state index in [1.165, 1.54) is 24.4 Å². The largest absolute Gasteiger partial charge is 0.409 e. The molecule has 8 nitrogen and oxygen atoms in total. The monoisotopic (exact) mass is 329 g/mol. The molecule has 0 saturated heterocycles. The molecule has 10 heteroatoms. The highest BCUT2D eigenvalue weighted by molar-refractivity contribution is 7.92. The number of aryl methyl sites for hydroxylation is 1. The number of halogens is 1. The second-order valence-electron chi connectivity index (χ2n) is 4.12. The SMILES string of the molecule is Cc1ncc(S(=O)(=O)Nc2cc(/C(N)=N/O)ccc2Cl)[nH]1. The van der Waals surface area contributed by atoms with Gasteiger partial charge in [0.1, 0.15) is 5.82 Å². The van der Waals surface area contributed by atoms with Crippen molar-refractivity contribution in [1.82, 2.24) is 9.97 Å². The molecule has 0 aliphatic rings. The number of rotatable bonds is 4. The average molecular weight is 330 g/mol. The van der Waals surface area contributed by atoms with Crippen molar-refractivity contribution in [2.45, 2.75) is 11.9 Å². The summed E-state index contributed by atoms with van der Waals surface area (Å²) in [6.45, 7) is 1.63. The fourth-order valence-corrected chi connectivity index (χ4v) is 2.82. The lowest BCUT2D eigenvalue weighted by Crippen LogP contribution is -2.16. The third kappa shape index (κ3) is 3.26. The number of benzene rings is 1. The molecule has 2 rings (SSSR count). The van der Waals surface area contributed by atoms with Crippen molar-refractivity contribution in [3.05, 3.63) is 40.8 Å². The van der Waals surface area contributed by atoms with Gasteiger partial charge in [-0.15, -0.1) is 0 Å². The van der Waals surface area contributed by atoms with Gasteiger partial charge in [0, 0.05) is 5.56 Å². The summed E-state index contributed by atoms with van der Waals surface area (Å²) in [5, 5.41) is 11.6. The highest BCUT2D eigenvalue weighted by atomic mass is 35.5. The number of sulfonamides is 1. The van der Waals surface area contributed by atoms with Gasteiger partial charge in [0.15, 0.2) is 10.9 Å². The zero-order valence-electron chi connectivity index (χ0n) is 10.8. The molecule has 0 atom stereocenters. The van der Waals surface area contributed by atoms with Crippen molar-refractivity contribution >= 4 is 33.1 Å². The fourth-order valence-electron chi connectivity index (χ4n) is 1.56. The van der Waals surface area contributed by atoms with Crippen molar-refractivity contribution < 1.29 is 13.6 Å². The van der Waals surface area contributed by atoms with Gasteiger partial charge < -0.3 is 15.9 Å². The number of aromatic nitrogens is 2. The van der Waals surface area contributed by atoms with Gasteiger partial charge in [0.05, 0.1) is 16.9 Å². The number of imidazole rings is 1. The second-order valence-corrected chi connectivity index (χ2v) is 6.18. The summed E-state index contributed by atoms with van der Waals surface area (Å²) >= 11 is 5.95. The van der Waals surface area contributed by atoms with Crippen LogP contribution in [-0.2, 0) is 10.0 Å². The molecular formula is C11H12ClN5O3S. The molecule has 0 radical (unpaired) electrons. The average Bonchev–Trinajstić information content (AvgIpc) is 2.87. The zero-order valence-corrected chi connectivity index (χ0v) is 12.4. The maximum absolute atomic E-state index is 12.2. The first-order chi connectivity index (χ1) is 9.83. The summed E-state index contributed by atoms with van der Waals surface area (Å²) in [5.41, 5.74) is 5.88. The number of nitrogens with one attached hydrogen (secondary N) is 2. The maximum Gasteiger partial charge on any atom is 0.279 e. The van der Waals surface area contributed by atoms with Gasteiger partial charge in [-0.1, -0.05) is 16.8 Å². The van der Waals surface area contributed by atoms with Crippen molar-refractivity contribution in [3.63, 3.8) is 0 Å². The van der Waals surface area contributed by atoms with Gasteiger partial charge in [0.25, 0.3) is 10.0 Å². The summed E-state index contributed by atoms with van der Waals surface area (Å²) in [5.74, 6) is 0.302. The van der Waals surface area contributed by atoms with Gasteiger partial charge in [-0.3, -0.25) is 4.72 Å². The van der Waals surface area contributed by atoms with Crippen LogP contribution < -0.4 is 10.5 Å². The van der Waals surface area contributed by atoms with Crippen LogP contribution in [0, 0.1) is 6.92 Å². The normalized spacial score (nSPS) is 12.4. The quantitative estimate of drug-likeness (QED) is 0.290. The summed E-state index contributed by atoms with van der Waals surface area (Å²) in [4.78, 5) is 6.44. The lowest BCUT2D eigenvalue weighted by molar-refractivity contribution is 0.318. The molecule has 0 spiro atoms. The predicted octanol–water partition coefficient (Wildman–Crippen LogP) is 1.27. The van der Waals surface area contributed by atoms with Crippen molar-refractivity contribution in [2.24, 2.45) is 10.9 Å². The number of hydrogen-bond acceptors (Lipinski definition) is 5. The van der Waals surface area contributed by atoms with Crippen LogP contribution in [0.15, 0.2) is 34.6 Å². The Hall–Kier alpha value is -2.26. The third-order valence-electron chi connectivity index (χ3n) is 2.58. The first kappa shape index (κ1) is 15.1. The minimum absolute atomic E-state index is 0.0923. The number of H-pyrrole nitrogens is 1. The minimum atomic E-state index is -3.86. The number of amidine groups is 1. The fraction of sp³-hybridized carbons (Fsp3) is 0.0909. The third-order valence-corrected chi connectivity index (χ3v) is 4.19. The number of oxime groups is 1. The van der Waals surface area contributed by atoms with Crippen molar-refractivity contribution in [3.8, 4) is 0 Å². The number of hydrogen-bond donors (Lipinski definition) is 4. The molecule has 0 fully saturated rings. The summed E-state index contributed by atoms with van der Waals surface area (Å²) in [6, 6.07) is 4.29. The van der Waals surface area contributed by atoms with Gasteiger partial charge in [-0.2, -0.15) is 8.42 Å². The van der Waals surface area contributed by atoms with Crippen molar-refractivity contribution in [1.29, 1.82) is 0 Å². The summed E-state index contributed by atoms with van der Waals surface area (Å²) in [6.07, 6.45) is 1.19. The van der Waals surface area contributed by atoms with Gasteiger partial charge in [-0.05, 0) is 25.1 Å². The molecule has 0 bridgehead atoms. The zero-order chi connectivity index (χ0) is 15.6. The Morgan fingerprint density at radius 1 is 1.52 bits per heavy atom. The van der Waals surface area contributed by atoms with E-state index in [0.29, 0.717) is 11.4 Å². The van der Waals surface area contributed by atoms with Crippen LogP contribution in [-0.4, -0.2) is 29.4 Å². The summed E-state index contributed by atoms with van der Waals surface area (Å²) < 4.78 is 26.6. The van der Waals surface area contributed by atoms with Crippen LogP contribution in [0.3, 0.4) is 0 Å². The van der Waals surface area contributed by atoms with Crippen LogP contribution >= 0.6 is 11.6 Å². The lowest BCUT2D eigenvalue weighted by atomic mass is 10.2. The number of anilines is 1. The molecule has 21 heavy (non-hydrogen) atoms. The van der Waals surface area contributed by atoms with Crippen LogP contribution in [0.1, 0.15) is 11.4 Å². The van der Waals surface area contributed by atoms with Crippen LogP contribution in [0.5, 0.6) is 0 Å². The molecule has 0 unspecified atom stereocenters. The molecule has 0 amide bonds. The molecule has 5 N–H and O–H groups in total. The van der Waals surface area contributed by atoms with Crippen LogP contribution in [0.2, 0.25) is 5.02 Å². The van der Waals surface area contributed by atoms with E-state index in [9.17, 15) is 8.42 Å². The Labute approximate surface area is 125 Å². The van der Waals surface area contributed by atoms with E-state index in [-0.39, 0.29) is 21.6 Å². The minimum Gasteiger partial charge on any atom is -0.409 e. The molecule has 0 saturated carbocycles. The molecule has 1 aromatic carbocycles. The molecule has 1 heterocycles. The lowest BCUT2D eigenvalue weighted by Gasteiger charge is -2.09. The van der Waals surface area contributed by atoms with Gasteiger partial charge in [-0.25, -0.2) is 4.98 Å².